The van der Waals surface area contributed by atoms with Crippen molar-refractivity contribution in [2.24, 2.45) is 22.4 Å². The molecule has 10 heteroatoms. The summed E-state index contributed by atoms with van der Waals surface area (Å²) in [6, 6.07) is -0.463. The van der Waals surface area contributed by atoms with Gasteiger partial charge in [-0.1, -0.05) is 39.5 Å². The van der Waals surface area contributed by atoms with Crippen LogP contribution in [0.15, 0.2) is 16.8 Å². The van der Waals surface area contributed by atoms with E-state index in [0.29, 0.717) is 12.2 Å². The van der Waals surface area contributed by atoms with Gasteiger partial charge in [0.25, 0.3) is 0 Å². The molecule has 6 N–H and O–H groups in total. The second-order valence-corrected chi connectivity index (χ2v) is 7.51. The number of methoxy groups -OCH3 is 1. The van der Waals surface area contributed by atoms with E-state index >= 15 is 0 Å². The lowest BCUT2D eigenvalue weighted by molar-refractivity contribution is -0.244. The molecule has 0 aromatic rings. The first-order valence-corrected chi connectivity index (χ1v) is 10.4. The zero-order chi connectivity index (χ0) is 22.5. The number of aliphatic hydroxyl groups excluding tert-OH is 1. The van der Waals surface area contributed by atoms with E-state index in [0.717, 1.165) is 32.1 Å². The van der Waals surface area contributed by atoms with E-state index in [9.17, 15) is 9.90 Å². The van der Waals surface area contributed by atoms with Gasteiger partial charge in [0, 0.05) is 19.4 Å². The molecule has 1 heterocycles. The van der Waals surface area contributed by atoms with Gasteiger partial charge in [-0.3, -0.25) is 10.1 Å². The maximum absolute atomic E-state index is 11.9. The van der Waals surface area contributed by atoms with E-state index in [1.807, 2.05) is 6.92 Å². The van der Waals surface area contributed by atoms with Crippen LogP contribution in [0.3, 0.4) is 0 Å². The third kappa shape index (κ3) is 8.86. The van der Waals surface area contributed by atoms with Crippen LogP contribution in [-0.2, 0) is 23.9 Å². The second kappa shape index (κ2) is 14.2. The maximum atomic E-state index is 11.9. The Kier molecular flexibility index (Phi) is 12.4. The molecule has 1 rings (SSSR count). The normalized spacial score (nSPS) is 23.1. The van der Waals surface area contributed by atoms with Gasteiger partial charge in [-0.25, -0.2) is 9.88 Å². The highest BCUT2D eigenvalue weighted by Crippen LogP contribution is 2.30. The highest BCUT2D eigenvalue weighted by molar-refractivity contribution is 5.76. The van der Waals surface area contributed by atoms with Crippen LogP contribution in [-0.4, -0.2) is 67.0 Å². The topological polar surface area (TPSA) is 159 Å². The SMILES string of the molecule is CCCCCCCC(=O)OC[C@@H](O)[C@@H](OC)[C@@H]1OC(COO)=C[C@H](N=C(N)N)[C@H]1C. The third-order valence-corrected chi connectivity index (χ3v) is 5.08. The molecule has 5 atom stereocenters. The van der Waals surface area contributed by atoms with Crippen molar-refractivity contribution in [2.75, 3.05) is 20.3 Å². The summed E-state index contributed by atoms with van der Waals surface area (Å²) in [6.07, 6.45) is 4.47. The van der Waals surface area contributed by atoms with Crippen molar-refractivity contribution < 1.29 is 34.3 Å². The first-order chi connectivity index (χ1) is 14.3. The smallest absolute Gasteiger partial charge is 0.305 e. The third-order valence-electron chi connectivity index (χ3n) is 5.08. The zero-order valence-electron chi connectivity index (χ0n) is 18.2. The molecule has 1 aliphatic heterocycles. The van der Waals surface area contributed by atoms with Gasteiger partial charge in [0.15, 0.2) is 5.96 Å². The first kappa shape index (κ1) is 26.2. The number of carbonyl (C=O) groups is 1. The predicted octanol–water partition coefficient (Wildman–Crippen LogP) is 1.32. The molecule has 0 amide bonds. The summed E-state index contributed by atoms with van der Waals surface area (Å²) >= 11 is 0. The number of hydrogen-bond donors (Lipinski definition) is 4. The largest absolute Gasteiger partial charge is 0.489 e. The van der Waals surface area contributed by atoms with Crippen molar-refractivity contribution in [3.8, 4) is 0 Å². The van der Waals surface area contributed by atoms with Crippen molar-refractivity contribution in [2.45, 2.75) is 76.7 Å². The van der Waals surface area contributed by atoms with E-state index in [2.05, 4.69) is 16.8 Å². The maximum Gasteiger partial charge on any atom is 0.305 e. The van der Waals surface area contributed by atoms with Gasteiger partial charge in [0.1, 0.15) is 37.3 Å². The van der Waals surface area contributed by atoms with Crippen LogP contribution >= 0.6 is 0 Å². The average molecular weight is 432 g/mol. The number of carbonyl (C=O) groups excluding carboxylic acids is 1. The van der Waals surface area contributed by atoms with Crippen molar-refractivity contribution in [3.63, 3.8) is 0 Å². The van der Waals surface area contributed by atoms with Gasteiger partial charge in [0.05, 0.1) is 6.04 Å². The number of hydrogen-bond acceptors (Lipinski definition) is 8. The Balaban J connectivity index is 2.68. The monoisotopic (exact) mass is 431 g/mol. The van der Waals surface area contributed by atoms with E-state index in [1.165, 1.54) is 7.11 Å². The molecule has 0 aromatic heterocycles. The summed E-state index contributed by atoms with van der Waals surface area (Å²) in [5.74, 6) is -0.432. The lowest BCUT2D eigenvalue weighted by atomic mass is 9.87. The average Bonchev–Trinajstić information content (AvgIpc) is 2.69. The molecular formula is C20H37N3O7. The number of nitrogens with two attached hydrogens (primary N) is 2. The molecular weight excluding hydrogens is 394 g/mol. The van der Waals surface area contributed by atoms with E-state index in [4.69, 9.17) is 30.9 Å². The predicted molar refractivity (Wildman–Crippen MR) is 111 cm³/mol. The van der Waals surface area contributed by atoms with Gasteiger partial charge in [-0.2, -0.15) is 0 Å². The molecule has 0 radical (unpaired) electrons. The lowest BCUT2D eigenvalue weighted by Crippen LogP contribution is -2.50. The Morgan fingerprint density at radius 1 is 1.30 bits per heavy atom. The van der Waals surface area contributed by atoms with E-state index in [1.54, 1.807) is 6.08 Å². The Labute approximate surface area is 178 Å². The zero-order valence-corrected chi connectivity index (χ0v) is 18.2. The Morgan fingerprint density at radius 3 is 2.60 bits per heavy atom. The number of esters is 1. The minimum atomic E-state index is -1.12. The van der Waals surface area contributed by atoms with Gasteiger partial charge < -0.3 is 30.8 Å². The van der Waals surface area contributed by atoms with Crippen LogP contribution < -0.4 is 11.5 Å². The summed E-state index contributed by atoms with van der Waals surface area (Å²) in [4.78, 5) is 20.3. The van der Waals surface area contributed by atoms with E-state index in [-0.39, 0.29) is 31.1 Å². The summed E-state index contributed by atoms with van der Waals surface area (Å²) in [7, 11) is 1.43. The van der Waals surface area contributed by atoms with Crippen LogP contribution in [0.5, 0.6) is 0 Å². The number of nitrogens with zero attached hydrogens (tertiary/aromatic N) is 1. The molecule has 30 heavy (non-hydrogen) atoms. The molecule has 0 unspecified atom stereocenters. The molecule has 0 aliphatic carbocycles. The summed E-state index contributed by atoms with van der Waals surface area (Å²) in [6.45, 7) is 3.55. The summed E-state index contributed by atoms with van der Waals surface area (Å²) in [5.41, 5.74) is 11.0. The quantitative estimate of drug-likeness (QED) is 0.0794. The number of aliphatic imine (C=N–C) groups is 1. The minimum Gasteiger partial charge on any atom is -0.489 e. The Morgan fingerprint density at radius 2 is 2.00 bits per heavy atom. The molecule has 1 aliphatic rings. The van der Waals surface area contributed by atoms with Crippen molar-refractivity contribution in [3.05, 3.63) is 11.8 Å². The number of aliphatic hydroxyl groups is 1. The van der Waals surface area contributed by atoms with Gasteiger partial charge in [-0.15, -0.1) is 0 Å². The molecule has 0 saturated heterocycles. The van der Waals surface area contributed by atoms with Crippen molar-refractivity contribution in [1.29, 1.82) is 0 Å². The summed E-state index contributed by atoms with van der Waals surface area (Å²) < 4.78 is 16.5. The van der Waals surface area contributed by atoms with Crippen molar-refractivity contribution >= 4 is 11.9 Å². The molecule has 0 bridgehead atoms. The van der Waals surface area contributed by atoms with Crippen LogP contribution in [0.4, 0.5) is 0 Å². The van der Waals surface area contributed by atoms with Crippen molar-refractivity contribution in [1.82, 2.24) is 0 Å². The summed E-state index contributed by atoms with van der Waals surface area (Å²) in [5, 5.41) is 19.3. The Hall–Kier alpha value is -1.88. The molecule has 0 fully saturated rings. The minimum absolute atomic E-state index is 0.101. The fourth-order valence-corrected chi connectivity index (χ4v) is 3.43. The molecule has 0 spiro atoms. The van der Waals surface area contributed by atoms with Gasteiger partial charge >= 0.3 is 5.97 Å². The second-order valence-electron chi connectivity index (χ2n) is 7.51. The number of ether oxygens (including phenoxy) is 3. The highest BCUT2D eigenvalue weighted by atomic mass is 17.1. The number of rotatable bonds is 14. The molecule has 0 aromatic carbocycles. The standard InChI is InChI=1S/C20H37N3O7/c1-4-5-6-7-8-9-17(25)28-12-16(24)19(27-3)18-13(2)15(23-20(21)22)10-14(30-18)11-29-26/h10,13,15-16,18-19,24,26H,4-9,11-12H2,1-3H3,(H4,21,22,23)/t13-,15+,16-,18-,19-/m1/s1. The molecule has 10 nitrogen and oxygen atoms in total. The van der Waals surface area contributed by atoms with Crippen LogP contribution in [0.1, 0.15) is 52.4 Å². The van der Waals surface area contributed by atoms with Crippen LogP contribution in [0.2, 0.25) is 0 Å². The van der Waals surface area contributed by atoms with Crippen LogP contribution in [0, 0.1) is 5.92 Å². The van der Waals surface area contributed by atoms with Gasteiger partial charge in [0.2, 0.25) is 0 Å². The molecule has 174 valence electrons. The fraction of sp³-hybridized carbons (Fsp3) is 0.800. The number of unbranched alkanes of at least 4 members (excludes halogenated alkanes) is 4. The first-order valence-electron chi connectivity index (χ1n) is 10.4. The lowest BCUT2D eigenvalue weighted by Gasteiger charge is -2.39. The fourth-order valence-electron chi connectivity index (χ4n) is 3.43. The Bertz CT molecular complexity index is 567. The van der Waals surface area contributed by atoms with Gasteiger partial charge in [-0.05, 0) is 12.5 Å². The highest BCUT2D eigenvalue weighted by Gasteiger charge is 2.41. The number of guanidine groups is 1. The molecule has 0 saturated carbocycles. The van der Waals surface area contributed by atoms with Crippen LogP contribution in [0.25, 0.3) is 0 Å². The van der Waals surface area contributed by atoms with E-state index < -0.39 is 24.4 Å².